The molecule has 0 aliphatic carbocycles. The molecule has 0 spiro atoms. The van der Waals surface area contributed by atoms with Gasteiger partial charge >= 0.3 is 0 Å². The zero-order valence-electron chi connectivity index (χ0n) is 13.4. The van der Waals surface area contributed by atoms with Crippen molar-refractivity contribution in [1.82, 2.24) is 29.6 Å². The summed E-state index contributed by atoms with van der Waals surface area (Å²) in [5, 5.41) is 21.2. The molecule has 0 saturated heterocycles. The van der Waals surface area contributed by atoms with E-state index < -0.39 is 0 Å². The van der Waals surface area contributed by atoms with Crippen LogP contribution in [0.4, 0.5) is 0 Å². The summed E-state index contributed by atoms with van der Waals surface area (Å²) < 4.78 is 9.41. The first-order chi connectivity index (χ1) is 12.9. The Hall–Kier alpha value is -3.52. The number of nitrogens with zero attached hydrogens (tertiary/aromatic N) is 6. The molecule has 7 nitrogen and oxygen atoms in total. The summed E-state index contributed by atoms with van der Waals surface area (Å²) in [4.78, 5) is 0. The van der Waals surface area contributed by atoms with Gasteiger partial charge in [-0.05, 0) is 35.7 Å². The molecule has 0 N–H and O–H groups in total. The maximum absolute atomic E-state index is 5.94. The van der Waals surface area contributed by atoms with E-state index in [1.807, 2.05) is 59.4 Å². The van der Waals surface area contributed by atoms with Crippen LogP contribution in [0.1, 0.15) is 0 Å². The third kappa shape index (κ3) is 2.62. The molecule has 5 rings (SSSR count). The molecule has 126 valence electrons. The zero-order chi connectivity index (χ0) is 17.3. The molecule has 0 aliphatic rings. The van der Waals surface area contributed by atoms with Crippen LogP contribution in [0.25, 0.3) is 22.7 Å². The first-order valence-electron chi connectivity index (χ1n) is 7.90. The van der Waals surface area contributed by atoms with Crippen molar-refractivity contribution in [3.05, 3.63) is 71.7 Å². The number of rotatable bonds is 4. The summed E-state index contributed by atoms with van der Waals surface area (Å²) in [5.74, 6) is 1.83. The van der Waals surface area contributed by atoms with Crippen molar-refractivity contribution in [1.29, 1.82) is 0 Å². The van der Waals surface area contributed by atoms with Crippen LogP contribution in [0.5, 0.6) is 11.6 Å². The van der Waals surface area contributed by atoms with E-state index in [4.69, 9.17) is 4.74 Å². The summed E-state index contributed by atoms with van der Waals surface area (Å²) >= 11 is 1.61. The fourth-order valence-corrected chi connectivity index (χ4v) is 3.26. The van der Waals surface area contributed by atoms with Crippen molar-refractivity contribution in [2.24, 2.45) is 0 Å². The zero-order valence-corrected chi connectivity index (χ0v) is 14.2. The first-order valence-corrected chi connectivity index (χ1v) is 8.84. The van der Waals surface area contributed by atoms with Crippen molar-refractivity contribution in [2.45, 2.75) is 0 Å². The Labute approximate surface area is 152 Å². The van der Waals surface area contributed by atoms with Gasteiger partial charge in [0.15, 0.2) is 11.5 Å². The normalized spacial score (nSPS) is 11.1. The second kappa shape index (κ2) is 6.08. The van der Waals surface area contributed by atoms with E-state index in [9.17, 15) is 0 Å². The standard InChI is InChI=1S/C18H12N6OS/c1-3-14(23-9-2-8-19-23)11-15(4-1)25-17-6-5-16-20-21-18(24(16)22-17)13-7-10-26-12-13/h1-12H. The fourth-order valence-electron chi connectivity index (χ4n) is 2.63. The predicted molar refractivity (Wildman–Crippen MR) is 97.7 cm³/mol. The quantitative estimate of drug-likeness (QED) is 0.487. The molecule has 26 heavy (non-hydrogen) atoms. The molecule has 4 heterocycles. The number of thiophene rings is 1. The molecule has 0 unspecified atom stereocenters. The number of benzene rings is 1. The molecule has 1 aromatic carbocycles. The van der Waals surface area contributed by atoms with Gasteiger partial charge in [0.05, 0.1) is 5.69 Å². The number of aromatic nitrogens is 6. The Bertz CT molecular complexity index is 1160. The van der Waals surface area contributed by atoms with Gasteiger partial charge in [-0.1, -0.05) is 6.07 Å². The SMILES string of the molecule is c1cc(Oc2ccc3nnc(-c4ccsc4)n3n2)cc(-n2cccn2)c1. The van der Waals surface area contributed by atoms with Crippen LogP contribution in [0.2, 0.25) is 0 Å². The van der Waals surface area contributed by atoms with E-state index in [1.165, 1.54) is 0 Å². The van der Waals surface area contributed by atoms with Crippen molar-refractivity contribution in [3.63, 3.8) is 0 Å². The lowest BCUT2D eigenvalue weighted by Crippen LogP contribution is -1.98. The van der Waals surface area contributed by atoms with Gasteiger partial charge in [0.25, 0.3) is 0 Å². The van der Waals surface area contributed by atoms with Crippen molar-refractivity contribution in [2.75, 3.05) is 0 Å². The van der Waals surface area contributed by atoms with Crippen molar-refractivity contribution in [3.8, 4) is 28.7 Å². The monoisotopic (exact) mass is 360 g/mol. The summed E-state index contributed by atoms with van der Waals surface area (Å²) in [5.41, 5.74) is 2.56. The van der Waals surface area contributed by atoms with E-state index in [-0.39, 0.29) is 0 Å². The number of hydrogen-bond acceptors (Lipinski definition) is 6. The maximum Gasteiger partial charge on any atom is 0.237 e. The number of ether oxygens (including phenoxy) is 1. The van der Waals surface area contributed by atoms with Crippen LogP contribution in [-0.4, -0.2) is 29.6 Å². The van der Waals surface area contributed by atoms with Gasteiger partial charge in [0.1, 0.15) is 5.75 Å². The highest BCUT2D eigenvalue weighted by Gasteiger charge is 2.11. The highest BCUT2D eigenvalue weighted by molar-refractivity contribution is 7.08. The predicted octanol–water partition coefficient (Wildman–Crippen LogP) is 3.83. The second-order valence-electron chi connectivity index (χ2n) is 5.53. The number of fused-ring (bicyclic) bond motifs is 1. The molecule has 0 atom stereocenters. The minimum atomic E-state index is 0.464. The lowest BCUT2D eigenvalue weighted by Gasteiger charge is -2.07. The third-order valence-corrected chi connectivity index (χ3v) is 4.51. The molecular formula is C18H12N6OS. The third-order valence-electron chi connectivity index (χ3n) is 3.83. The van der Waals surface area contributed by atoms with Gasteiger partial charge in [-0.3, -0.25) is 0 Å². The van der Waals surface area contributed by atoms with E-state index in [1.54, 1.807) is 32.8 Å². The Morgan fingerprint density at radius 2 is 2.00 bits per heavy atom. The largest absolute Gasteiger partial charge is 0.438 e. The van der Waals surface area contributed by atoms with E-state index in [0.717, 1.165) is 11.3 Å². The Morgan fingerprint density at radius 1 is 1.00 bits per heavy atom. The average molecular weight is 360 g/mol. The molecule has 0 saturated carbocycles. The minimum absolute atomic E-state index is 0.464. The lowest BCUT2D eigenvalue weighted by molar-refractivity contribution is 0.452. The van der Waals surface area contributed by atoms with Gasteiger partial charge in [0.2, 0.25) is 5.88 Å². The van der Waals surface area contributed by atoms with Crippen LogP contribution in [-0.2, 0) is 0 Å². The molecule has 4 aromatic heterocycles. The molecule has 0 aliphatic heterocycles. The topological polar surface area (TPSA) is 70.1 Å². The number of hydrogen-bond donors (Lipinski definition) is 0. The summed E-state index contributed by atoms with van der Waals surface area (Å²) in [6.07, 6.45) is 3.62. The molecule has 0 fully saturated rings. The highest BCUT2D eigenvalue weighted by Crippen LogP contribution is 2.24. The maximum atomic E-state index is 5.94. The Kier molecular flexibility index (Phi) is 3.46. The summed E-state index contributed by atoms with van der Waals surface area (Å²) in [7, 11) is 0. The van der Waals surface area contributed by atoms with Gasteiger partial charge in [-0.15, -0.1) is 15.3 Å². The van der Waals surface area contributed by atoms with E-state index >= 15 is 0 Å². The van der Waals surface area contributed by atoms with E-state index in [2.05, 4.69) is 20.4 Å². The van der Waals surface area contributed by atoms with Gasteiger partial charge in [-0.2, -0.15) is 21.0 Å². The Balaban J connectivity index is 1.50. The molecule has 5 aromatic rings. The summed E-state index contributed by atoms with van der Waals surface area (Å²) in [6.45, 7) is 0. The van der Waals surface area contributed by atoms with Gasteiger partial charge < -0.3 is 4.74 Å². The van der Waals surface area contributed by atoms with Gasteiger partial charge in [-0.25, -0.2) is 4.68 Å². The van der Waals surface area contributed by atoms with Crippen LogP contribution >= 0.6 is 11.3 Å². The van der Waals surface area contributed by atoms with Crippen molar-refractivity contribution < 1.29 is 4.74 Å². The van der Waals surface area contributed by atoms with Crippen LogP contribution < -0.4 is 4.74 Å². The van der Waals surface area contributed by atoms with Crippen LogP contribution in [0.3, 0.4) is 0 Å². The van der Waals surface area contributed by atoms with Crippen LogP contribution in [0.15, 0.2) is 71.7 Å². The Morgan fingerprint density at radius 3 is 2.85 bits per heavy atom. The fraction of sp³-hybridized carbons (Fsp3) is 0. The molecule has 8 heteroatoms. The first kappa shape index (κ1) is 14.8. The lowest BCUT2D eigenvalue weighted by atomic mass is 10.3. The van der Waals surface area contributed by atoms with Gasteiger partial charge in [0, 0.05) is 35.5 Å². The molecule has 0 bridgehead atoms. The average Bonchev–Trinajstić information content (AvgIpc) is 3.42. The highest BCUT2D eigenvalue weighted by atomic mass is 32.1. The summed E-state index contributed by atoms with van der Waals surface area (Å²) in [6, 6.07) is 15.1. The van der Waals surface area contributed by atoms with Crippen molar-refractivity contribution >= 4 is 17.0 Å². The van der Waals surface area contributed by atoms with E-state index in [0.29, 0.717) is 23.1 Å². The molecule has 0 radical (unpaired) electrons. The second-order valence-corrected chi connectivity index (χ2v) is 6.31. The minimum Gasteiger partial charge on any atom is -0.438 e. The molecule has 0 amide bonds. The van der Waals surface area contributed by atoms with Crippen LogP contribution in [0, 0.1) is 0 Å². The molecular weight excluding hydrogens is 348 g/mol. The smallest absolute Gasteiger partial charge is 0.237 e.